The van der Waals surface area contributed by atoms with Gasteiger partial charge in [0, 0.05) is 18.7 Å². The molecule has 1 fully saturated rings. The lowest BCUT2D eigenvalue weighted by Crippen LogP contribution is -2.47. The smallest absolute Gasteiger partial charge is 0.326 e. The minimum absolute atomic E-state index is 0.0425. The van der Waals surface area contributed by atoms with Crippen LogP contribution in [-0.4, -0.2) is 46.2 Å². The number of rotatable bonds is 10. The van der Waals surface area contributed by atoms with E-state index in [2.05, 4.69) is 5.32 Å². The molecule has 3 aromatic rings. The number of carbonyl (C=O) groups excluding carboxylic acids is 2. The zero-order valence-corrected chi connectivity index (χ0v) is 22.1. The van der Waals surface area contributed by atoms with Crippen LogP contribution in [0.1, 0.15) is 54.1 Å². The van der Waals surface area contributed by atoms with E-state index in [0.717, 1.165) is 62.1 Å². The number of ketones is 1. The standard InChI is InChI=1S/C29H29F4N3O5/c1-15(37)25(29(40)41-18-4-2-3-5-18)35-11-10-16-12-22(32)26(23(33)13-16)36-24(38)9-8-20(28(36)34)27(39)19-7-6-17(30)14-21(19)31/h6-9,12-15,18,25,35,37H,2-5,10-11,34H2,1H3/t15?,25-/m0/s1. The van der Waals surface area contributed by atoms with Gasteiger partial charge in [-0.3, -0.25) is 19.0 Å². The van der Waals surface area contributed by atoms with Crippen molar-refractivity contribution in [1.29, 1.82) is 0 Å². The largest absolute Gasteiger partial charge is 0.461 e. The number of nitrogens with one attached hydrogen (secondary N) is 1. The fraction of sp³-hybridized carbons (Fsp3) is 0.345. The monoisotopic (exact) mass is 575 g/mol. The van der Waals surface area contributed by atoms with Crippen LogP contribution in [0.4, 0.5) is 23.4 Å². The van der Waals surface area contributed by atoms with Crippen LogP contribution in [0.3, 0.4) is 0 Å². The van der Waals surface area contributed by atoms with E-state index in [-0.39, 0.29) is 24.6 Å². The van der Waals surface area contributed by atoms with Crippen LogP contribution in [-0.2, 0) is 16.0 Å². The Labute approximate surface area is 232 Å². The topological polar surface area (TPSA) is 124 Å². The van der Waals surface area contributed by atoms with Gasteiger partial charge in [0.1, 0.15) is 35.3 Å². The Hall–Kier alpha value is -4.03. The summed E-state index contributed by atoms with van der Waals surface area (Å²) in [7, 11) is 0. The van der Waals surface area contributed by atoms with Gasteiger partial charge in [-0.1, -0.05) is 0 Å². The molecule has 0 aliphatic heterocycles. The second kappa shape index (κ2) is 12.6. The molecule has 4 N–H and O–H groups in total. The molecular formula is C29H29F4N3O5. The van der Waals surface area contributed by atoms with Crippen molar-refractivity contribution in [3.05, 3.63) is 92.8 Å². The number of aliphatic hydroxyl groups is 1. The molecule has 1 unspecified atom stereocenters. The first-order chi connectivity index (χ1) is 19.5. The molecule has 0 saturated heterocycles. The molecule has 1 aliphatic rings. The molecule has 8 nitrogen and oxygen atoms in total. The fourth-order valence-corrected chi connectivity index (χ4v) is 4.84. The maximum absolute atomic E-state index is 15.2. The van der Waals surface area contributed by atoms with E-state index in [1.807, 2.05) is 0 Å². The van der Waals surface area contributed by atoms with Crippen molar-refractivity contribution in [3.63, 3.8) is 0 Å². The Kier molecular flexibility index (Phi) is 9.24. The number of nitrogens with two attached hydrogens (primary N) is 1. The highest BCUT2D eigenvalue weighted by Crippen LogP contribution is 2.25. The first kappa shape index (κ1) is 29.9. The minimum atomic E-state index is -1.17. The SMILES string of the molecule is CC(O)[C@H](NCCc1cc(F)c(-n2c(N)c(C(=O)c3ccc(F)cc3F)ccc2=O)c(F)c1)C(=O)OC1CCCC1. The number of aliphatic hydroxyl groups excluding tert-OH is 1. The third kappa shape index (κ3) is 6.66. The van der Waals surface area contributed by atoms with Gasteiger partial charge in [-0.25, -0.2) is 17.6 Å². The number of hydrogen-bond donors (Lipinski definition) is 3. The molecule has 0 radical (unpaired) electrons. The summed E-state index contributed by atoms with van der Waals surface area (Å²) in [4.78, 5) is 38.0. The number of carbonyl (C=O) groups is 2. The normalized spacial score (nSPS) is 15.1. The van der Waals surface area contributed by atoms with Gasteiger partial charge in [0.2, 0.25) is 0 Å². The van der Waals surface area contributed by atoms with Gasteiger partial charge < -0.3 is 20.9 Å². The lowest BCUT2D eigenvalue weighted by atomic mass is 10.0. The predicted octanol–water partition coefficient (Wildman–Crippen LogP) is 3.57. The molecular weight excluding hydrogens is 546 g/mol. The summed E-state index contributed by atoms with van der Waals surface area (Å²) in [5, 5.41) is 12.9. The number of halogens is 4. The van der Waals surface area contributed by atoms with Crippen molar-refractivity contribution in [3.8, 4) is 5.69 Å². The number of esters is 1. The zero-order valence-electron chi connectivity index (χ0n) is 22.1. The quantitative estimate of drug-likeness (QED) is 0.192. The summed E-state index contributed by atoms with van der Waals surface area (Å²) < 4.78 is 63.8. The Morgan fingerprint density at radius 1 is 1.02 bits per heavy atom. The number of nitrogen functional groups attached to an aromatic ring is 1. The molecule has 1 saturated carbocycles. The van der Waals surface area contributed by atoms with Crippen LogP contribution in [0.5, 0.6) is 0 Å². The summed E-state index contributed by atoms with van der Waals surface area (Å²) >= 11 is 0. The zero-order chi connectivity index (χ0) is 29.8. The highest BCUT2D eigenvalue weighted by molar-refractivity contribution is 6.11. The van der Waals surface area contributed by atoms with Crippen molar-refractivity contribution in [2.45, 2.75) is 57.3 Å². The summed E-state index contributed by atoms with van der Waals surface area (Å²) in [6, 6.07) is 4.99. The molecule has 218 valence electrons. The lowest BCUT2D eigenvalue weighted by molar-refractivity contribution is -0.154. The first-order valence-electron chi connectivity index (χ1n) is 13.1. The van der Waals surface area contributed by atoms with Crippen molar-refractivity contribution in [1.82, 2.24) is 9.88 Å². The van der Waals surface area contributed by atoms with Gasteiger partial charge in [-0.2, -0.15) is 0 Å². The third-order valence-electron chi connectivity index (χ3n) is 6.95. The Morgan fingerprint density at radius 2 is 1.66 bits per heavy atom. The molecule has 1 aliphatic carbocycles. The average Bonchev–Trinajstić information content (AvgIpc) is 3.40. The average molecular weight is 576 g/mol. The van der Waals surface area contributed by atoms with Crippen LogP contribution >= 0.6 is 0 Å². The van der Waals surface area contributed by atoms with Gasteiger partial charge in [-0.15, -0.1) is 0 Å². The number of hydrogen-bond acceptors (Lipinski definition) is 7. The van der Waals surface area contributed by atoms with Crippen LogP contribution in [0.15, 0.2) is 47.3 Å². The van der Waals surface area contributed by atoms with E-state index < -0.39 is 75.4 Å². The number of pyridine rings is 1. The Balaban J connectivity index is 1.54. The van der Waals surface area contributed by atoms with Crippen LogP contribution in [0.2, 0.25) is 0 Å². The summed E-state index contributed by atoms with van der Waals surface area (Å²) in [5.41, 5.74) is 3.37. The number of nitrogens with zero attached hydrogens (tertiary/aromatic N) is 1. The molecule has 2 atom stereocenters. The second-order valence-electron chi connectivity index (χ2n) is 9.93. The van der Waals surface area contributed by atoms with Crippen molar-refractivity contribution in [2.75, 3.05) is 12.3 Å². The van der Waals surface area contributed by atoms with E-state index in [0.29, 0.717) is 10.6 Å². The Morgan fingerprint density at radius 3 is 2.27 bits per heavy atom. The highest BCUT2D eigenvalue weighted by atomic mass is 19.1. The van der Waals surface area contributed by atoms with E-state index in [1.54, 1.807) is 0 Å². The molecule has 2 aromatic carbocycles. The first-order valence-corrected chi connectivity index (χ1v) is 13.1. The van der Waals surface area contributed by atoms with E-state index >= 15 is 8.78 Å². The van der Waals surface area contributed by atoms with Gasteiger partial charge in [-0.05, 0) is 74.9 Å². The van der Waals surface area contributed by atoms with Crippen molar-refractivity contribution >= 4 is 17.6 Å². The van der Waals surface area contributed by atoms with Crippen molar-refractivity contribution < 1.29 is 37.0 Å². The lowest BCUT2D eigenvalue weighted by Gasteiger charge is -2.22. The fourth-order valence-electron chi connectivity index (χ4n) is 4.84. The summed E-state index contributed by atoms with van der Waals surface area (Å²) in [6.07, 6.45) is 2.22. The molecule has 0 spiro atoms. The maximum Gasteiger partial charge on any atom is 0.326 e. The van der Waals surface area contributed by atoms with Gasteiger partial charge in [0.05, 0.1) is 17.2 Å². The van der Waals surface area contributed by atoms with E-state index in [4.69, 9.17) is 10.5 Å². The summed E-state index contributed by atoms with van der Waals surface area (Å²) in [6.45, 7) is 1.48. The van der Waals surface area contributed by atoms with E-state index in [9.17, 15) is 28.3 Å². The molecule has 41 heavy (non-hydrogen) atoms. The van der Waals surface area contributed by atoms with Gasteiger partial charge in [0.25, 0.3) is 5.56 Å². The highest BCUT2D eigenvalue weighted by Gasteiger charge is 2.29. The van der Waals surface area contributed by atoms with E-state index in [1.165, 1.54) is 6.92 Å². The van der Waals surface area contributed by atoms with Crippen LogP contribution < -0.4 is 16.6 Å². The molecule has 4 rings (SSSR count). The molecule has 1 heterocycles. The Bertz CT molecular complexity index is 1500. The number of aromatic nitrogens is 1. The van der Waals surface area contributed by atoms with Gasteiger partial charge >= 0.3 is 5.97 Å². The predicted molar refractivity (Wildman–Crippen MR) is 142 cm³/mol. The summed E-state index contributed by atoms with van der Waals surface area (Å²) in [5.74, 6) is -6.69. The van der Waals surface area contributed by atoms with Gasteiger partial charge in [0.15, 0.2) is 17.4 Å². The molecule has 0 amide bonds. The minimum Gasteiger partial charge on any atom is -0.461 e. The maximum atomic E-state index is 15.2. The van der Waals surface area contributed by atoms with Crippen LogP contribution in [0, 0.1) is 23.3 Å². The number of ether oxygens (including phenoxy) is 1. The molecule has 1 aromatic heterocycles. The number of benzene rings is 2. The molecule has 12 heteroatoms. The number of anilines is 1. The van der Waals surface area contributed by atoms with Crippen LogP contribution in [0.25, 0.3) is 5.69 Å². The molecule has 0 bridgehead atoms. The second-order valence-corrected chi connectivity index (χ2v) is 9.93. The van der Waals surface area contributed by atoms with Crippen molar-refractivity contribution in [2.24, 2.45) is 0 Å². The third-order valence-corrected chi connectivity index (χ3v) is 6.95.